The molecular formula is C18H15BN2O5. The molecule has 2 heterocycles. The lowest BCUT2D eigenvalue weighted by Gasteiger charge is -2.28. The summed E-state index contributed by atoms with van der Waals surface area (Å²) in [7, 11) is -1.34. The highest BCUT2D eigenvalue weighted by Gasteiger charge is 2.38. The Labute approximate surface area is 148 Å². The maximum absolute atomic E-state index is 12.7. The van der Waals surface area contributed by atoms with Crippen LogP contribution in [0.25, 0.3) is 10.9 Å². The molecule has 1 aliphatic rings. The Kier molecular flexibility index (Phi) is 3.89. The molecule has 0 radical (unpaired) electrons. The third kappa shape index (κ3) is 2.70. The normalized spacial score (nSPS) is 16.0. The highest BCUT2D eigenvalue weighted by atomic mass is 16.5. The number of para-hydroxylation sites is 2. The van der Waals surface area contributed by atoms with Crippen LogP contribution in [0.15, 0.2) is 48.7 Å². The number of hydrogen-bond acceptors (Lipinski definition) is 4. The molecule has 3 aromatic rings. The zero-order valence-corrected chi connectivity index (χ0v) is 13.6. The third-order valence-corrected chi connectivity index (χ3v) is 4.50. The van der Waals surface area contributed by atoms with Gasteiger partial charge in [-0.15, -0.1) is 0 Å². The molecule has 0 bridgehead atoms. The van der Waals surface area contributed by atoms with Crippen LogP contribution < -0.4 is 9.97 Å². The van der Waals surface area contributed by atoms with Crippen LogP contribution in [-0.4, -0.2) is 40.1 Å². The Bertz CT molecular complexity index is 1020. The molecule has 1 atom stereocenters. The summed E-state index contributed by atoms with van der Waals surface area (Å²) in [6, 6.07) is 12.0. The minimum absolute atomic E-state index is 0.0116. The van der Waals surface area contributed by atoms with Crippen molar-refractivity contribution in [2.75, 3.05) is 0 Å². The van der Waals surface area contributed by atoms with Gasteiger partial charge in [0.2, 0.25) is 0 Å². The second kappa shape index (κ2) is 6.23. The van der Waals surface area contributed by atoms with E-state index in [9.17, 15) is 19.7 Å². The van der Waals surface area contributed by atoms with E-state index in [4.69, 9.17) is 4.65 Å². The molecule has 0 fully saturated rings. The van der Waals surface area contributed by atoms with Gasteiger partial charge in [-0.25, -0.2) is 4.79 Å². The van der Waals surface area contributed by atoms with Gasteiger partial charge in [0.25, 0.3) is 5.91 Å². The van der Waals surface area contributed by atoms with Gasteiger partial charge in [0.05, 0.1) is 22.6 Å². The molecule has 1 aliphatic heterocycles. The molecule has 8 heteroatoms. The monoisotopic (exact) mass is 350 g/mol. The quantitative estimate of drug-likeness (QED) is 0.537. The molecule has 0 saturated carbocycles. The fraction of sp³-hybridized carbons (Fsp3) is 0.111. The van der Waals surface area contributed by atoms with Gasteiger partial charge in [-0.3, -0.25) is 4.79 Å². The van der Waals surface area contributed by atoms with Crippen molar-refractivity contribution in [2.24, 2.45) is 0 Å². The minimum atomic E-state index is -1.34. The summed E-state index contributed by atoms with van der Waals surface area (Å²) < 4.78 is 5.40. The third-order valence-electron chi connectivity index (χ3n) is 4.50. The lowest BCUT2D eigenvalue weighted by atomic mass is 9.72. The van der Waals surface area contributed by atoms with Crippen LogP contribution >= 0.6 is 0 Å². The number of benzene rings is 2. The Balaban J connectivity index is 1.60. The van der Waals surface area contributed by atoms with Gasteiger partial charge in [-0.1, -0.05) is 24.3 Å². The summed E-state index contributed by atoms with van der Waals surface area (Å²) in [5.74, 6) is -2.02. The number of fused-ring (bicyclic) bond motifs is 2. The average molecular weight is 350 g/mol. The molecular weight excluding hydrogens is 335 g/mol. The number of carboxylic acid groups (broad SMARTS) is 1. The number of aromatic carboxylic acids is 1. The summed E-state index contributed by atoms with van der Waals surface area (Å²) in [6.07, 6.45) is 2.02. The van der Waals surface area contributed by atoms with Crippen molar-refractivity contribution in [3.8, 4) is 5.75 Å². The summed E-state index contributed by atoms with van der Waals surface area (Å²) in [6.45, 7) is 0. The van der Waals surface area contributed by atoms with Crippen LogP contribution in [-0.2, 0) is 6.42 Å². The molecule has 0 aliphatic carbocycles. The Morgan fingerprint density at radius 3 is 2.73 bits per heavy atom. The van der Waals surface area contributed by atoms with Gasteiger partial charge in [0, 0.05) is 11.6 Å². The van der Waals surface area contributed by atoms with E-state index in [1.54, 1.807) is 30.5 Å². The summed E-state index contributed by atoms with van der Waals surface area (Å²) in [5, 5.41) is 23.2. The number of H-pyrrole nitrogens is 1. The molecule has 0 saturated heterocycles. The van der Waals surface area contributed by atoms with Crippen LogP contribution in [0.3, 0.4) is 0 Å². The number of carboxylic acids is 1. The first-order valence-electron chi connectivity index (χ1n) is 8.11. The first-order valence-corrected chi connectivity index (χ1v) is 8.11. The maximum Gasteiger partial charge on any atom is 0.547 e. The largest absolute Gasteiger partial charge is 0.547 e. The molecule has 4 N–H and O–H groups in total. The molecule has 130 valence electrons. The van der Waals surface area contributed by atoms with E-state index in [0.717, 1.165) is 5.39 Å². The second-order valence-corrected chi connectivity index (χ2v) is 6.14. The first-order chi connectivity index (χ1) is 12.5. The van der Waals surface area contributed by atoms with Crippen molar-refractivity contribution in [2.45, 2.75) is 12.4 Å². The van der Waals surface area contributed by atoms with E-state index in [-0.39, 0.29) is 23.6 Å². The van der Waals surface area contributed by atoms with Crippen molar-refractivity contribution in [1.82, 2.24) is 10.3 Å². The molecule has 4 rings (SSSR count). The number of carbonyl (C=O) groups excluding carboxylic acids is 1. The minimum Gasteiger partial charge on any atom is -0.534 e. The van der Waals surface area contributed by atoms with E-state index >= 15 is 0 Å². The highest BCUT2D eigenvalue weighted by Crippen LogP contribution is 2.30. The van der Waals surface area contributed by atoms with Crippen LogP contribution in [0.1, 0.15) is 26.3 Å². The number of aromatic amines is 1. The standard InChI is InChI=1S/C18H15BN2O5/c22-17(12-5-1-3-10-7-8-20-15(10)12)21-14-9-11-4-2-6-13(18(23)24)16(11)26-19(14)25/h1-8,14,20,25H,9H2,(H,21,22)(H,23,24)/t14-/m0/s1. The predicted octanol–water partition coefficient (Wildman–Crippen LogP) is 1.62. The van der Waals surface area contributed by atoms with E-state index in [2.05, 4.69) is 10.3 Å². The van der Waals surface area contributed by atoms with Crippen LogP contribution in [0.4, 0.5) is 0 Å². The molecule has 0 unspecified atom stereocenters. The fourth-order valence-corrected chi connectivity index (χ4v) is 3.24. The van der Waals surface area contributed by atoms with E-state index in [1.807, 2.05) is 12.1 Å². The molecule has 1 amide bonds. The molecule has 7 nitrogen and oxygen atoms in total. The van der Waals surface area contributed by atoms with E-state index in [0.29, 0.717) is 16.6 Å². The van der Waals surface area contributed by atoms with Crippen molar-refractivity contribution >= 4 is 29.9 Å². The van der Waals surface area contributed by atoms with Crippen LogP contribution in [0, 0.1) is 0 Å². The number of hydrogen-bond donors (Lipinski definition) is 4. The lowest BCUT2D eigenvalue weighted by Crippen LogP contribution is -2.53. The number of amides is 1. The summed E-state index contributed by atoms with van der Waals surface area (Å²) >= 11 is 0. The van der Waals surface area contributed by atoms with Crippen LogP contribution in [0.5, 0.6) is 5.75 Å². The zero-order valence-electron chi connectivity index (χ0n) is 13.6. The highest BCUT2D eigenvalue weighted by molar-refractivity contribution is 6.47. The van der Waals surface area contributed by atoms with Crippen molar-refractivity contribution in [1.29, 1.82) is 0 Å². The van der Waals surface area contributed by atoms with E-state index in [1.165, 1.54) is 6.07 Å². The van der Waals surface area contributed by atoms with Gasteiger partial charge in [-0.2, -0.15) is 0 Å². The Morgan fingerprint density at radius 2 is 1.92 bits per heavy atom. The summed E-state index contributed by atoms with van der Waals surface area (Å²) in [5.41, 5.74) is 1.79. The Hall–Kier alpha value is -3.26. The number of rotatable bonds is 3. The number of carbonyl (C=O) groups is 2. The van der Waals surface area contributed by atoms with Gasteiger partial charge in [0.1, 0.15) is 5.75 Å². The molecule has 26 heavy (non-hydrogen) atoms. The molecule has 1 aromatic heterocycles. The maximum atomic E-state index is 12.7. The van der Waals surface area contributed by atoms with Gasteiger partial charge in [0.15, 0.2) is 0 Å². The van der Waals surface area contributed by atoms with Gasteiger partial charge >= 0.3 is 13.1 Å². The lowest BCUT2D eigenvalue weighted by molar-refractivity contribution is 0.0693. The first kappa shape index (κ1) is 16.2. The van der Waals surface area contributed by atoms with Gasteiger partial charge in [-0.05, 0) is 30.2 Å². The SMILES string of the molecule is O=C(O)c1cccc2c1OB(O)[C@@H](NC(=O)c1cccc3cc[nH]c13)C2. The number of aromatic nitrogens is 1. The molecule has 2 aromatic carbocycles. The topological polar surface area (TPSA) is 112 Å². The average Bonchev–Trinajstić information content (AvgIpc) is 3.10. The summed E-state index contributed by atoms with van der Waals surface area (Å²) in [4.78, 5) is 27.0. The fourth-order valence-electron chi connectivity index (χ4n) is 3.24. The molecule has 0 spiro atoms. The van der Waals surface area contributed by atoms with Crippen molar-refractivity contribution in [3.05, 3.63) is 65.4 Å². The number of nitrogens with one attached hydrogen (secondary N) is 2. The second-order valence-electron chi connectivity index (χ2n) is 6.14. The smallest absolute Gasteiger partial charge is 0.534 e. The van der Waals surface area contributed by atoms with Crippen molar-refractivity contribution in [3.63, 3.8) is 0 Å². The van der Waals surface area contributed by atoms with E-state index < -0.39 is 19.0 Å². The van der Waals surface area contributed by atoms with Gasteiger partial charge < -0.3 is 25.1 Å². The van der Waals surface area contributed by atoms with Crippen LogP contribution in [0.2, 0.25) is 0 Å². The van der Waals surface area contributed by atoms with Crippen molar-refractivity contribution < 1.29 is 24.4 Å². The Morgan fingerprint density at radius 1 is 1.15 bits per heavy atom. The zero-order chi connectivity index (χ0) is 18.3. The predicted molar refractivity (Wildman–Crippen MR) is 95.3 cm³/mol.